The van der Waals surface area contributed by atoms with Crippen molar-refractivity contribution in [1.82, 2.24) is 19.9 Å². The molecule has 0 fully saturated rings. The maximum Gasteiger partial charge on any atom is 0.0743 e. The van der Waals surface area contributed by atoms with Crippen molar-refractivity contribution in [2.24, 2.45) is 0 Å². The van der Waals surface area contributed by atoms with Gasteiger partial charge in [0.2, 0.25) is 0 Å². The molecular weight excluding hydrogens is 657 g/mol. The summed E-state index contributed by atoms with van der Waals surface area (Å²) in [5, 5.41) is 10.2. The van der Waals surface area contributed by atoms with Crippen LogP contribution in [-0.4, -0.2) is 19.9 Å². The molecule has 2 N–H and O–H groups in total. The first-order valence-electron chi connectivity index (χ1n) is 19.8. The molecule has 0 saturated carbocycles. The van der Waals surface area contributed by atoms with E-state index in [4.69, 9.17) is 9.97 Å². The van der Waals surface area contributed by atoms with Crippen molar-refractivity contribution in [3.63, 3.8) is 0 Å². The summed E-state index contributed by atoms with van der Waals surface area (Å²) < 4.78 is 0. The van der Waals surface area contributed by atoms with E-state index >= 15 is 0 Å². The molecule has 0 atom stereocenters. The first-order valence-corrected chi connectivity index (χ1v) is 19.8. The van der Waals surface area contributed by atoms with Crippen LogP contribution in [0.1, 0.15) is 75.4 Å². The third kappa shape index (κ3) is 4.37. The minimum Gasteiger partial charge on any atom is -0.355 e. The van der Waals surface area contributed by atoms with Gasteiger partial charge in [0, 0.05) is 43.6 Å². The molecule has 4 aromatic carbocycles. The summed E-state index contributed by atoms with van der Waals surface area (Å²) in [6, 6.07) is 36.2. The molecule has 4 aliphatic rings. The Labute approximate surface area is 314 Å². The number of hydrogen-bond acceptors (Lipinski definition) is 2. The molecule has 2 aliphatic carbocycles. The highest BCUT2D eigenvalue weighted by atomic mass is 14.8. The number of hydrogen-bond donors (Lipinski definition) is 2. The fraction of sp³-hybridized carbons (Fsp3) is 0.200. The number of nitrogens with one attached hydrogen (secondary N) is 2. The maximum absolute atomic E-state index is 5.56. The van der Waals surface area contributed by atoms with Crippen LogP contribution in [0.25, 0.3) is 98.8 Å². The Morgan fingerprint density at radius 2 is 1.09 bits per heavy atom. The zero-order valence-electron chi connectivity index (χ0n) is 31.4. The van der Waals surface area contributed by atoms with Crippen LogP contribution in [0.15, 0.2) is 97.1 Å². The quantitative estimate of drug-likeness (QED) is 0.182. The van der Waals surface area contributed by atoms with Crippen LogP contribution in [0.2, 0.25) is 0 Å². The lowest BCUT2D eigenvalue weighted by atomic mass is 9.99. The Morgan fingerprint density at radius 3 is 1.76 bits per heavy atom. The molecular formula is C50H42N4. The van der Waals surface area contributed by atoms with Gasteiger partial charge in [-0.05, 0) is 130 Å². The van der Waals surface area contributed by atoms with Gasteiger partial charge in [-0.15, -0.1) is 0 Å². The van der Waals surface area contributed by atoms with Gasteiger partial charge in [-0.1, -0.05) is 99.5 Å². The Kier molecular flexibility index (Phi) is 6.86. The molecule has 4 heteroatoms. The maximum atomic E-state index is 5.56. The number of nitrogens with zero attached hydrogens (tertiary/aromatic N) is 2. The molecule has 11 rings (SSSR count). The van der Waals surface area contributed by atoms with Gasteiger partial charge in [0.1, 0.15) is 0 Å². The zero-order chi connectivity index (χ0) is 36.2. The summed E-state index contributed by atoms with van der Waals surface area (Å²) in [5.41, 5.74) is 19.0. The van der Waals surface area contributed by atoms with Crippen LogP contribution in [0.4, 0.5) is 0 Å². The highest BCUT2D eigenvalue weighted by Gasteiger charge is 2.27. The smallest absolute Gasteiger partial charge is 0.0743 e. The first kappa shape index (κ1) is 31.5. The molecule has 0 spiro atoms. The molecule has 5 heterocycles. The van der Waals surface area contributed by atoms with Crippen molar-refractivity contribution in [3.05, 3.63) is 130 Å². The fourth-order valence-corrected chi connectivity index (χ4v) is 9.81. The van der Waals surface area contributed by atoms with Gasteiger partial charge in [-0.25, -0.2) is 9.97 Å². The average Bonchev–Trinajstić information content (AvgIpc) is 4.00. The molecule has 262 valence electrons. The van der Waals surface area contributed by atoms with Crippen molar-refractivity contribution < 1.29 is 0 Å². The lowest BCUT2D eigenvalue weighted by molar-refractivity contribution is 0.796. The second kappa shape index (κ2) is 11.8. The van der Waals surface area contributed by atoms with E-state index in [9.17, 15) is 0 Å². The molecule has 0 unspecified atom stereocenters. The summed E-state index contributed by atoms with van der Waals surface area (Å²) in [6.45, 7) is 9.12. The number of aromatic nitrogens is 4. The Balaban J connectivity index is 1.37. The highest BCUT2D eigenvalue weighted by Crippen LogP contribution is 2.51. The second-order valence-electron chi connectivity index (χ2n) is 15.6. The monoisotopic (exact) mass is 698 g/mol. The van der Waals surface area contributed by atoms with Gasteiger partial charge in [-0.2, -0.15) is 0 Å². The summed E-state index contributed by atoms with van der Waals surface area (Å²) in [6.07, 6.45) is 6.62. The van der Waals surface area contributed by atoms with Gasteiger partial charge in [0.15, 0.2) is 0 Å². The number of unbranched alkanes of at least 4 members (excludes halogenated alkanes) is 2. The topological polar surface area (TPSA) is 57.4 Å². The summed E-state index contributed by atoms with van der Waals surface area (Å²) >= 11 is 0. The fourth-order valence-electron chi connectivity index (χ4n) is 9.81. The Bertz CT molecular complexity index is 3250. The van der Waals surface area contributed by atoms with E-state index in [2.05, 4.69) is 135 Å². The predicted octanol–water partition coefficient (Wildman–Crippen LogP) is 13.6. The minimum atomic E-state index is 1.000. The summed E-state index contributed by atoms with van der Waals surface area (Å²) in [4.78, 5) is 18.9. The van der Waals surface area contributed by atoms with Gasteiger partial charge >= 0.3 is 0 Å². The number of H-pyrrole nitrogens is 2. The molecule has 7 aromatic rings. The van der Waals surface area contributed by atoms with Crippen LogP contribution in [-0.2, 0) is 6.42 Å². The van der Waals surface area contributed by atoms with Crippen LogP contribution in [0.3, 0.4) is 0 Å². The molecule has 54 heavy (non-hydrogen) atoms. The zero-order valence-corrected chi connectivity index (χ0v) is 31.4. The average molecular weight is 699 g/mol. The Hall–Kier alpha value is -6.00. The SMILES string of the molecule is CCCCC1=C(C)c2cc3[nH]c(cc4nc(cc5[nH]c(cc1n2)c(CCCC)c5C)c1c2cccc5cccc(c4=1)c52)c1c3-c2cccc3cccc-1c23. The van der Waals surface area contributed by atoms with E-state index < -0.39 is 0 Å². The highest BCUT2D eigenvalue weighted by molar-refractivity contribution is 6.23. The Morgan fingerprint density at radius 1 is 0.537 bits per heavy atom. The molecule has 4 nitrogen and oxygen atoms in total. The molecule has 3 aromatic heterocycles. The molecule has 0 radical (unpaired) electrons. The van der Waals surface area contributed by atoms with Gasteiger partial charge in [0.05, 0.1) is 22.4 Å². The lowest BCUT2D eigenvalue weighted by Gasteiger charge is -2.04. The van der Waals surface area contributed by atoms with E-state index in [0.717, 1.165) is 77.5 Å². The second-order valence-corrected chi connectivity index (χ2v) is 15.6. The standard InChI is InChI=1S/C50H42N4/c1-5-7-17-31-27(3)37-23-41-47-33-19-9-13-29-15-11-21-35(45(29)33)49(47)43(53-41)26-44-50-36-22-12-16-30-14-10-20-34(46(30)36)48(50)42(54-44)24-38-28(4)32(18-8-6-2)40(52-38)25-39(31)51-37/h9-16,19-26,51,54H,5-8,17-18H2,1-4H3. The predicted molar refractivity (Wildman–Crippen MR) is 228 cm³/mol. The van der Waals surface area contributed by atoms with Crippen molar-refractivity contribution in [2.45, 2.75) is 66.2 Å². The number of rotatable bonds is 6. The summed E-state index contributed by atoms with van der Waals surface area (Å²) in [7, 11) is 0. The van der Waals surface area contributed by atoms with Crippen molar-refractivity contribution in [2.75, 3.05) is 0 Å². The normalized spacial score (nSPS) is 13.2. The van der Waals surface area contributed by atoms with Crippen LogP contribution in [0.5, 0.6) is 0 Å². The molecule has 0 saturated heterocycles. The van der Waals surface area contributed by atoms with Crippen molar-refractivity contribution in [1.29, 1.82) is 0 Å². The summed E-state index contributed by atoms with van der Waals surface area (Å²) in [5.74, 6) is 0. The minimum absolute atomic E-state index is 1.000. The lowest BCUT2D eigenvalue weighted by Crippen LogP contribution is -1.87. The third-order valence-electron chi connectivity index (χ3n) is 12.5. The molecule has 8 bridgehead atoms. The van der Waals surface area contributed by atoms with Crippen LogP contribution in [0, 0.1) is 17.4 Å². The van der Waals surface area contributed by atoms with E-state index in [0.29, 0.717) is 0 Å². The molecule has 2 aliphatic heterocycles. The van der Waals surface area contributed by atoms with E-state index in [1.807, 2.05) is 0 Å². The van der Waals surface area contributed by atoms with Gasteiger partial charge < -0.3 is 9.97 Å². The van der Waals surface area contributed by atoms with Gasteiger partial charge in [-0.3, -0.25) is 0 Å². The third-order valence-corrected chi connectivity index (χ3v) is 12.5. The largest absolute Gasteiger partial charge is 0.355 e. The molecule has 0 amide bonds. The number of fused-ring (bicyclic) bond motifs is 17. The number of aryl methyl sites for hydroxylation is 2. The van der Waals surface area contributed by atoms with Crippen molar-refractivity contribution in [3.8, 4) is 22.3 Å². The number of aromatic amines is 2. The van der Waals surface area contributed by atoms with Crippen LogP contribution >= 0.6 is 0 Å². The number of benzene rings is 4. The van der Waals surface area contributed by atoms with E-state index in [-0.39, 0.29) is 0 Å². The van der Waals surface area contributed by atoms with E-state index in [1.54, 1.807) is 0 Å². The van der Waals surface area contributed by atoms with Crippen LogP contribution < -0.4 is 0 Å². The first-order chi connectivity index (χ1) is 26.5. The van der Waals surface area contributed by atoms with Gasteiger partial charge in [0.25, 0.3) is 0 Å². The van der Waals surface area contributed by atoms with Crippen molar-refractivity contribution >= 4 is 76.6 Å². The number of allylic oxidation sites excluding steroid dienone is 2. The van der Waals surface area contributed by atoms with E-state index in [1.165, 1.54) is 92.8 Å².